The predicted molar refractivity (Wildman–Crippen MR) is 85.9 cm³/mol. The molecule has 3 nitrogen and oxygen atoms in total. The molecule has 112 valence electrons. The van der Waals surface area contributed by atoms with E-state index in [0.29, 0.717) is 11.4 Å². The van der Waals surface area contributed by atoms with Crippen LogP contribution in [0.3, 0.4) is 0 Å². The van der Waals surface area contributed by atoms with Gasteiger partial charge in [-0.2, -0.15) is 9.34 Å². The van der Waals surface area contributed by atoms with E-state index in [2.05, 4.69) is 43.7 Å². The highest BCUT2D eigenvalue weighted by atomic mass is 31.2. The SMILES string of the molecule is CCN(CC)[P+](C)([C@H]1CCCCC1=O)N(CC)CC. The molecule has 0 N–H and O–H groups in total. The minimum atomic E-state index is -1.50. The van der Waals surface area contributed by atoms with Crippen LogP contribution in [0.25, 0.3) is 0 Å². The summed E-state index contributed by atoms with van der Waals surface area (Å²) in [6.07, 6.45) is 4.25. The van der Waals surface area contributed by atoms with Crippen molar-refractivity contribution in [1.82, 2.24) is 9.34 Å². The van der Waals surface area contributed by atoms with Gasteiger partial charge in [0.2, 0.25) is 0 Å². The van der Waals surface area contributed by atoms with Crippen LogP contribution in [0.5, 0.6) is 0 Å². The molecule has 0 aromatic heterocycles. The maximum atomic E-state index is 12.5. The summed E-state index contributed by atoms with van der Waals surface area (Å²) in [6, 6.07) is 0. The van der Waals surface area contributed by atoms with Crippen molar-refractivity contribution in [3.63, 3.8) is 0 Å². The van der Waals surface area contributed by atoms with E-state index in [4.69, 9.17) is 0 Å². The highest BCUT2D eigenvalue weighted by molar-refractivity contribution is 7.72. The maximum absolute atomic E-state index is 12.5. The van der Waals surface area contributed by atoms with Gasteiger partial charge in [0.05, 0.1) is 6.66 Å². The molecule has 0 spiro atoms. The van der Waals surface area contributed by atoms with Gasteiger partial charge in [-0.25, -0.2) is 0 Å². The van der Waals surface area contributed by atoms with Crippen LogP contribution in [0.4, 0.5) is 0 Å². The largest absolute Gasteiger partial charge is 0.295 e. The molecule has 0 amide bonds. The second-order valence-corrected chi connectivity index (χ2v) is 9.20. The summed E-state index contributed by atoms with van der Waals surface area (Å²) < 4.78 is 5.18. The van der Waals surface area contributed by atoms with E-state index in [-0.39, 0.29) is 0 Å². The second kappa shape index (κ2) is 7.71. The number of nitrogens with zero attached hydrogens (tertiary/aromatic N) is 2. The van der Waals surface area contributed by atoms with Gasteiger partial charge in [-0.3, -0.25) is 4.79 Å². The van der Waals surface area contributed by atoms with Crippen LogP contribution in [0.2, 0.25) is 0 Å². The smallest absolute Gasteiger partial charge is 0.176 e. The molecule has 0 heterocycles. The van der Waals surface area contributed by atoms with Gasteiger partial charge in [0.1, 0.15) is 0 Å². The summed E-state index contributed by atoms with van der Waals surface area (Å²) in [6.45, 7) is 15.6. The zero-order chi connectivity index (χ0) is 14.5. The first-order chi connectivity index (χ1) is 9.05. The van der Waals surface area contributed by atoms with Crippen molar-refractivity contribution in [1.29, 1.82) is 0 Å². The molecule has 1 rings (SSSR count). The molecule has 0 aromatic rings. The molecule has 0 bridgehead atoms. The van der Waals surface area contributed by atoms with Crippen LogP contribution in [0, 0.1) is 0 Å². The first-order valence-electron chi connectivity index (χ1n) is 7.95. The van der Waals surface area contributed by atoms with E-state index in [1.165, 1.54) is 6.42 Å². The van der Waals surface area contributed by atoms with Crippen molar-refractivity contribution in [3.8, 4) is 0 Å². The van der Waals surface area contributed by atoms with E-state index in [1.54, 1.807) is 0 Å². The van der Waals surface area contributed by atoms with Crippen LogP contribution in [-0.2, 0) is 4.79 Å². The molecule has 1 aliphatic rings. The third-order valence-corrected chi connectivity index (χ3v) is 9.87. The van der Waals surface area contributed by atoms with Gasteiger partial charge >= 0.3 is 0 Å². The van der Waals surface area contributed by atoms with Gasteiger partial charge in [-0.15, -0.1) is 0 Å². The summed E-state index contributed by atoms with van der Waals surface area (Å²) in [4.78, 5) is 12.5. The number of Topliss-reactive ketones (excluding diaryl/α,β-unsaturated/α-hetero) is 1. The first kappa shape index (κ1) is 17.1. The lowest BCUT2D eigenvalue weighted by Gasteiger charge is -2.44. The molecular formula is C15H32N2OP+. The molecule has 1 atom stereocenters. The standard InChI is InChI=1S/C15H32N2OP/c1-6-16(7-2)19(5,17(8-3)9-4)15-13-11-10-12-14(15)18/h15H,6-13H2,1-5H3/q+1/t15-/m0/s1. The lowest BCUT2D eigenvalue weighted by molar-refractivity contribution is -0.120. The Morgan fingerprint density at radius 2 is 1.47 bits per heavy atom. The number of hydrogen-bond donors (Lipinski definition) is 0. The predicted octanol–water partition coefficient (Wildman–Crippen LogP) is 3.66. The van der Waals surface area contributed by atoms with Crippen LogP contribution in [0.1, 0.15) is 53.4 Å². The van der Waals surface area contributed by atoms with Gasteiger partial charge in [-0.05, 0) is 47.0 Å². The molecular weight excluding hydrogens is 255 g/mol. The fourth-order valence-corrected chi connectivity index (χ4v) is 8.43. The number of rotatable bonds is 7. The first-order valence-corrected chi connectivity index (χ1v) is 10.2. The van der Waals surface area contributed by atoms with Crippen molar-refractivity contribution in [2.75, 3.05) is 32.8 Å². The number of hydrogen-bond acceptors (Lipinski definition) is 3. The summed E-state index contributed by atoms with van der Waals surface area (Å²) in [7, 11) is -1.50. The van der Waals surface area contributed by atoms with Crippen LogP contribution in [-0.4, -0.2) is 53.6 Å². The quantitative estimate of drug-likeness (QED) is 0.668. The van der Waals surface area contributed by atoms with E-state index in [0.717, 1.165) is 45.4 Å². The Morgan fingerprint density at radius 3 is 1.84 bits per heavy atom. The Balaban J connectivity index is 3.12. The van der Waals surface area contributed by atoms with Crippen molar-refractivity contribution in [2.45, 2.75) is 59.0 Å². The molecule has 4 heteroatoms. The normalized spacial score (nSPS) is 21.4. The lowest BCUT2D eigenvalue weighted by Crippen LogP contribution is -2.45. The van der Waals surface area contributed by atoms with Gasteiger partial charge in [0.25, 0.3) is 0 Å². The zero-order valence-corrected chi connectivity index (χ0v) is 14.4. The third-order valence-electron chi connectivity index (χ3n) is 4.72. The topological polar surface area (TPSA) is 23.6 Å². The van der Waals surface area contributed by atoms with E-state index in [1.807, 2.05) is 0 Å². The number of ketones is 1. The van der Waals surface area contributed by atoms with E-state index in [9.17, 15) is 4.79 Å². The van der Waals surface area contributed by atoms with Crippen molar-refractivity contribution >= 4 is 13.3 Å². The van der Waals surface area contributed by atoms with Crippen LogP contribution in [0.15, 0.2) is 0 Å². The molecule has 1 fully saturated rings. The van der Waals surface area contributed by atoms with Crippen molar-refractivity contribution < 1.29 is 4.79 Å². The Hall–Kier alpha value is 0.0200. The van der Waals surface area contributed by atoms with Crippen LogP contribution >= 0.6 is 7.56 Å². The average molecular weight is 287 g/mol. The Kier molecular flexibility index (Phi) is 6.93. The fourth-order valence-electron chi connectivity index (χ4n) is 3.65. The van der Waals surface area contributed by atoms with E-state index < -0.39 is 7.56 Å². The molecule has 1 aliphatic carbocycles. The fraction of sp³-hybridized carbons (Fsp3) is 0.933. The van der Waals surface area contributed by atoms with Crippen molar-refractivity contribution in [2.24, 2.45) is 0 Å². The molecule has 0 aromatic carbocycles. The van der Waals surface area contributed by atoms with Gasteiger partial charge < -0.3 is 0 Å². The van der Waals surface area contributed by atoms with Crippen molar-refractivity contribution in [3.05, 3.63) is 0 Å². The van der Waals surface area contributed by atoms with Gasteiger partial charge in [0, 0.05) is 32.6 Å². The summed E-state index contributed by atoms with van der Waals surface area (Å²) in [5.41, 5.74) is 0.293. The van der Waals surface area contributed by atoms with Crippen LogP contribution < -0.4 is 0 Å². The molecule has 0 saturated heterocycles. The minimum absolute atomic E-state index is 0.293. The third kappa shape index (κ3) is 3.37. The molecule has 0 aliphatic heterocycles. The van der Waals surface area contributed by atoms with E-state index >= 15 is 0 Å². The van der Waals surface area contributed by atoms with Gasteiger partial charge in [0.15, 0.2) is 19.0 Å². The molecule has 19 heavy (non-hydrogen) atoms. The molecule has 0 radical (unpaired) electrons. The Labute approximate surface area is 120 Å². The number of carbonyl (C=O) groups is 1. The summed E-state index contributed by atoms with van der Waals surface area (Å²) >= 11 is 0. The number of carbonyl (C=O) groups excluding carboxylic acids is 1. The minimum Gasteiger partial charge on any atom is -0.295 e. The summed E-state index contributed by atoms with van der Waals surface area (Å²) in [5.74, 6) is 0.529. The van der Waals surface area contributed by atoms with Gasteiger partial charge in [-0.1, -0.05) is 0 Å². The highest BCUT2D eigenvalue weighted by Gasteiger charge is 2.54. The maximum Gasteiger partial charge on any atom is 0.176 e. The Bertz CT molecular complexity index is 276. The summed E-state index contributed by atoms with van der Waals surface area (Å²) in [5, 5.41) is 0. The zero-order valence-electron chi connectivity index (χ0n) is 13.5. The molecule has 1 saturated carbocycles. The Morgan fingerprint density at radius 1 is 1.00 bits per heavy atom. The monoisotopic (exact) mass is 287 g/mol. The second-order valence-electron chi connectivity index (χ2n) is 5.48. The molecule has 0 unspecified atom stereocenters. The lowest BCUT2D eigenvalue weighted by atomic mass is 9.99. The highest BCUT2D eigenvalue weighted by Crippen LogP contribution is 2.67. The average Bonchev–Trinajstić information content (AvgIpc) is 2.41.